The Balaban J connectivity index is 2.29. The molecule has 23 heavy (non-hydrogen) atoms. The van der Waals surface area contributed by atoms with E-state index in [9.17, 15) is 9.59 Å². The zero-order valence-electron chi connectivity index (χ0n) is 13.1. The summed E-state index contributed by atoms with van der Waals surface area (Å²) in [6, 6.07) is 5.27. The van der Waals surface area contributed by atoms with Crippen molar-refractivity contribution >= 4 is 32.7 Å². The Bertz CT molecular complexity index is 832. The minimum atomic E-state index is -0.673. The van der Waals surface area contributed by atoms with E-state index in [0.717, 1.165) is 4.47 Å². The lowest BCUT2D eigenvalue weighted by atomic mass is 9.94. The van der Waals surface area contributed by atoms with Crippen molar-refractivity contribution in [3.05, 3.63) is 39.4 Å². The molecule has 0 bridgehead atoms. The normalized spacial score (nSPS) is 11.2. The Morgan fingerprint density at radius 2 is 2.13 bits per heavy atom. The van der Waals surface area contributed by atoms with Crippen molar-refractivity contribution in [1.29, 1.82) is 0 Å². The number of nitrogens with one attached hydrogen (secondary N) is 1. The fourth-order valence-electron chi connectivity index (χ4n) is 2.37. The van der Waals surface area contributed by atoms with E-state index in [1.54, 1.807) is 12.1 Å². The van der Waals surface area contributed by atoms with Crippen molar-refractivity contribution in [2.75, 3.05) is 0 Å². The number of terminal acetylenes is 1. The molecule has 5 nitrogen and oxygen atoms in total. The van der Waals surface area contributed by atoms with Gasteiger partial charge >= 0.3 is 0 Å². The second-order valence-electron chi connectivity index (χ2n) is 5.32. The van der Waals surface area contributed by atoms with Gasteiger partial charge in [-0.2, -0.15) is 0 Å². The van der Waals surface area contributed by atoms with Crippen LogP contribution in [0.5, 0.6) is 0 Å². The number of hydrogen-bond donors (Lipinski definition) is 1. The molecule has 0 atom stereocenters. The molecule has 2 rings (SSSR count). The first-order valence-electron chi connectivity index (χ1n) is 7.38. The molecule has 1 amide bonds. The van der Waals surface area contributed by atoms with Crippen molar-refractivity contribution in [2.45, 2.75) is 38.8 Å². The lowest BCUT2D eigenvalue weighted by Crippen LogP contribution is -2.48. The van der Waals surface area contributed by atoms with Crippen molar-refractivity contribution in [1.82, 2.24) is 14.9 Å². The van der Waals surface area contributed by atoms with Crippen molar-refractivity contribution < 1.29 is 4.79 Å². The summed E-state index contributed by atoms with van der Waals surface area (Å²) < 4.78 is 2.07. The highest BCUT2D eigenvalue weighted by Gasteiger charge is 2.25. The highest BCUT2D eigenvalue weighted by Crippen LogP contribution is 2.15. The maximum Gasteiger partial charge on any atom is 0.261 e. The third-order valence-electron chi connectivity index (χ3n) is 3.96. The number of rotatable bonds is 5. The van der Waals surface area contributed by atoms with E-state index < -0.39 is 5.54 Å². The lowest BCUT2D eigenvalue weighted by Gasteiger charge is -2.27. The summed E-state index contributed by atoms with van der Waals surface area (Å²) in [6.45, 7) is 3.73. The number of amides is 1. The van der Waals surface area contributed by atoms with E-state index >= 15 is 0 Å². The largest absolute Gasteiger partial charge is 0.338 e. The van der Waals surface area contributed by atoms with Gasteiger partial charge in [0.1, 0.15) is 12.1 Å². The summed E-state index contributed by atoms with van der Waals surface area (Å²) in [6.07, 6.45) is 8.18. The van der Waals surface area contributed by atoms with E-state index in [1.807, 2.05) is 19.9 Å². The van der Waals surface area contributed by atoms with E-state index in [1.165, 1.54) is 10.9 Å². The molecule has 1 aromatic carbocycles. The molecular formula is C17H18BrN3O2. The van der Waals surface area contributed by atoms with E-state index in [4.69, 9.17) is 6.42 Å². The number of nitrogens with zero attached hydrogens (tertiary/aromatic N) is 2. The molecule has 1 aromatic heterocycles. The summed E-state index contributed by atoms with van der Waals surface area (Å²) in [5, 5.41) is 3.30. The van der Waals surface area contributed by atoms with Gasteiger partial charge in [0.2, 0.25) is 5.91 Å². The van der Waals surface area contributed by atoms with Crippen LogP contribution in [-0.4, -0.2) is 21.0 Å². The van der Waals surface area contributed by atoms with Gasteiger partial charge in [0.15, 0.2) is 0 Å². The predicted octanol–water partition coefficient (Wildman–Crippen LogP) is 2.47. The smallest absolute Gasteiger partial charge is 0.261 e. The average Bonchev–Trinajstić information content (AvgIpc) is 2.56. The molecular weight excluding hydrogens is 358 g/mol. The van der Waals surface area contributed by atoms with Crippen LogP contribution in [0, 0.1) is 12.3 Å². The van der Waals surface area contributed by atoms with Gasteiger partial charge in [0, 0.05) is 4.47 Å². The summed E-state index contributed by atoms with van der Waals surface area (Å²) in [5.74, 6) is 2.34. The van der Waals surface area contributed by atoms with Crippen LogP contribution in [0.25, 0.3) is 10.9 Å². The molecule has 0 fully saturated rings. The van der Waals surface area contributed by atoms with Crippen LogP contribution >= 0.6 is 15.9 Å². The van der Waals surface area contributed by atoms with Crippen molar-refractivity contribution in [3.63, 3.8) is 0 Å². The standard InChI is InChI=1S/C17H18BrN3O2/c1-4-17(5-2,6-3)20-15(22)10-21-11-19-14-8-7-12(18)9-13(14)16(21)23/h1,7-9,11H,5-6,10H2,2-3H3,(H,20,22). The van der Waals surface area contributed by atoms with E-state index in [-0.39, 0.29) is 18.0 Å². The van der Waals surface area contributed by atoms with Gasteiger partial charge in [0.25, 0.3) is 5.56 Å². The zero-order chi connectivity index (χ0) is 17.0. The van der Waals surface area contributed by atoms with Crippen LogP contribution in [0.1, 0.15) is 26.7 Å². The quantitative estimate of drug-likeness (QED) is 0.816. The van der Waals surface area contributed by atoms with Crippen LogP contribution in [0.4, 0.5) is 0 Å². The van der Waals surface area contributed by atoms with Gasteiger partial charge in [-0.15, -0.1) is 6.42 Å². The highest BCUT2D eigenvalue weighted by molar-refractivity contribution is 9.10. The highest BCUT2D eigenvalue weighted by atomic mass is 79.9. The predicted molar refractivity (Wildman–Crippen MR) is 94.0 cm³/mol. The fraction of sp³-hybridized carbons (Fsp3) is 0.353. The average molecular weight is 376 g/mol. The molecule has 6 heteroatoms. The summed E-state index contributed by atoms with van der Waals surface area (Å²) in [4.78, 5) is 28.9. The van der Waals surface area contributed by atoms with E-state index in [0.29, 0.717) is 23.7 Å². The monoisotopic (exact) mass is 375 g/mol. The molecule has 0 aliphatic heterocycles. The van der Waals surface area contributed by atoms with Crippen LogP contribution < -0.4 is 10.9 Å². The van der Waals surface area contributed by atoms with E-state index in [2.05, 4.69) is 32.2 Å². The number of hydrogen-bond acceptors (Lipinski definition) is 3. The number of halogens is 1. The number of fused-ring (bicyclic) bond motifs is 1. The fourth-order valence-corrected chi connectivity index (χ4v) is 2.73. The molecule has 0 spiro atoms. The Hall–Kier alpha value is -2.13. The first-order valence-corrected chi connectivity index (χ1v) is 8.17. The van der Waals surface area contributed by atoms with Gasteiger partial charge in [0.05, 0.1) is 17.2 Å². The Morgan fingerprint density at radius 1 is 1.43 bits per heavy atom. The van der Waals surface area contributed by atoms with Gasteiger partial charge in [-0.05, 0) is 31.0 Å². The maximum atomic E-state index is 12.5. The molecule has 0 saturated heterocycles. The third kappa shape index (κ3) is 3.62. The molecule has 0 saturated carbocycles. The van der Waals surface area contributed by atoms with Crippen molar-refractivity contribution in [2.24, 2.45) is 0 Å². The molecule has 0 radical (unpaired) electrons. The number of benzene rings is 1. The minimum Gasteiger partial charge on any atom is -0.338 e. The summed E-state index contributed by atoms with van der Waals surface area (Å²) in [5.41, 5.74) is -0.339. The Kier molecular flexibility index (Phi) is 5.22. The molecule has 2 aromatic rings. The number of aromatic nitrogens is 2. The van der Waals surface area contributed by atoms with Crippen LogP contribution in [-0.2, 0) is 11.3 Å². The van der Waals surface area contributed by atoms with Crippen LogP contribution in [0.3, 0.4) is 0 Å². The van der Waals surface area contributed by atoms with Crippen LogP contribution in [0.2, 0.25) is 0 Å². The number of carbonyl (C=O) groups excluding carboxylic acids is 1. The van der Waals surface area contributed by atoms with Crippen molar-refractivity contribution in [3.8, 4) is 12.3 Å². The van der Waals surface area contributed by atoms with Gasteiger partial charge in [-0.25, -0.2) is 4.98 Å². The van der Waals surface area contributed by atoms with Gasteiger partial charge in [-0.3, -0.25) is 14.2 Å². The maximum absolute atomic E-state index is 12.5. The van der Waals surface area contributed by atoms with Crippen LogP contribution in [0.15, 0.2) is 33.8 Å². The topological polar surface area (TPSA) is 64.0 Å². The summed E-state index contributed by atoms with van der Waals surface area (Å²) in [7, 11) is 0. The van der Waals surface area contributed by atoms with Gasteiger partial charge in [-0.1, -0.05) is 35.7 Å². The first-order chi connectivity index (χ1) is 10.9. The molecule has 0 aliphatic rings. The second-order valence-corrected chi connectivity index (χ2v) is 6.24. The second kappa shape index (κ2) is 6.97. The summed E-state index contributed by atoms with van der Waals surface area (Å²) >= 11 is 3.33. The molecule has 1 heterocycles. The molecule has 1 N–H and O–H groups in total. The Morgan fingerprint density at radius 3 is 2.74 bits per heavy atom. The zero-order valence-corrected chi connectivity index (χ0v) is 14.7. The molecule has 0 aliphatic carbocycles. The number of carbonyl (C=O) groups is 1. The lowest BCUT2D eigenvalue weighted by molar-refractivity contribution is -0.123. The SMILES string of the molecule is C#CC(CC)(CC)NC(=O)Cn1cnc2ccc(Br)cc2c1=O. The third-order valence-corrected chi connectivity index (χ3v) is 4.46. The first kappa shape index (κ1) is 17.2. The molecule has 0 unspecified atom stereocenters. The minimum absolute atomic E-state index is 0.113. The van der Waals surface area contributed by atoms with Gasteiger partial charge < -0.3 is 5.32 Å². The Labute approximate surface area is 143 Å². The molecule has 120 valence electrons.